The van der Waals surface area contributed by atoms with Crippen LogP contribution in [0.2, 0.25) is 0 Å². The van der Waals surface area contributed by atoms with Crippen molar-refractivity contribution in [2.75, 3.05) is 20.3 Å². The zero-order valence-corrected chi connectivity index (χ0v) is 11.7. The molecule has 18 heavy (non-hydrogen) atoms. The van der Waals surface area contributed by atoms with Crippen molar-refractivity contribution in [3.63, 3.8) is 0 Å². The molecule has 0 aliphatic carbocycles. The molecule has 0 saturated carbocycles. The lowest BCUT2D eigenvalue weighted by molar-refractivity contribution is -0.163. The molecule has 1 fully saturated rings. The van der Waals surface area contributed by atoms with E-state index in [4.69, 9.17) is 9.47 Å². The van der Waals surface area contributed by atoms with Gasteiger partial charge in [0.25, 0.3) is 0 Å². The standard InChI is InChI=1S/C13H23NO4/c1-13(2,3)18-12(16)10-6-5-8-14(10)11(15)7-9-17-4/h10H,5-9H2,1-4H3/t10-/m1/s1. The summed E-state index contributed by atoms with van der Waals surface area (Å²) in [6.07, 6.45) is 1.85. The number of ether oxygens (including phenoxy) is 2. The molecule has 1 rings (SSSR count). The molecule has 0 radical (unpaired) electrons. The predicted molar refractivity (Wildman–Crippen MR) is 67.1 cm³/mol. The highest BCUT2D eigenvalue weighted by Crippen LogP contribution is 2.21. The van der Waals surface area contributed by atoms with Crippen LogP contribution in [-0.2, 0) is 19.1 Å². The first-order valence-electron chi connectivity index (χ1n) is 6.36. The number of nitrogens with zero attached hydrogens (tertiary/aromatic N) is 1. The molecule has 0 bridgehead atoms. The quantitative estimate of drug-likeness (QED) is 0.713. The van der Waals surface area contributed by atoms with Crippen LogP contribution in [0.3, 0.4) is 0 Å². The average molecular weight is 257 g/mol. The Morgan fingerprint density at radius 2 is 2.00 bits per heavy atom. The Balaban J connectivity index is 2.59. The summed E-state index contributed by atoms with van der Waals surface area (Å²) in [5.41, 5.74) is -0.513. The molecule has 0 N–H and O–H groups in total. The van der Waals surface area contributed by atoms with Crippen LogP contribution < -0.4 is 0 Å². The van der Waals surface area contributed by atoms with Crippen LogP contribution in [0.5, 0.6) is 0 Å². The van der Waals surface area contributed by atoms with Crippen molar-refractivity contribution in [2.24, 2.45) is 0 Å². The van der Waals surface area contributed by atoms with Gasteiger partial charge in [-0.25, -0.2) is 4.79 Å². The summed E-state index contributed by atoms with van der Waals surface area (Å²) < 4.78 is 10.2. The highest BCUT2D eigenvalue weighted by molar-refractivity contribution is 5.85. The maximum atomic E-state index is 12.0. The number of carbonyl (C=O) groups excluding carboxylic acids is 2. The molecular formula is C13H23NO4. The summed E-state index contributed by atoms with van der Waals surface area (Å²) in [5, 5.41) is 0. The monoisotopic (exact) mass is 257 g/mol. The first kappa shape index (κ1) is 15.0. The van der Waals surface area contributed by atoms with Crippen molar-refractivity contribution in [1.29, 1.82) is 0 Å². The Labute approximate surface area is 108 Å². The molecule has 5 heteroatoms. The molecule has 104 valence electrons. The van der Waals surface area contributed by atoms with Gasteiger partial charge in [-0.3, -0.25) is 4.79 Å². The van der Waals surface area contributed by atoms with E-state index in [1.807, 2.05) is 20.8 Å². The lowest BCUT2D eigenvalue weighted by Crippen LogP contribution is -2.43. The lowest BCUT2D eigenvalue weighted by atomic mass is 10.1. The average Bonchev–Trinajstić information content (AvgIpc) is 2.72. The van der Waals surface area contributed by atoms with Gasteiger partial charge in [0.2, 0.25) is 5.91 Å². The third-order valence-corrected chi connectivity index (χ3v) is 2.77. The molecule has 0 aromatic carbocycles. The van der Waals surface area contributed by atoms with E-state index in [0.29, 0.717) is 26.0 Å². The third kappa shape index (κ3) is 4.29. The van der Waals surface area contributed by atoms with Crippen molar-refractivity contribution < 1.29 is 19.1 Å². The van der Waals surface area contributed by atoms with E-state index in [9.17, 15) is 9.59 Å². The fourth-order valence-corrected chi connectivity index (χ4v) is 2.01. The van der Waals surface area contributed by atoms with E-state index < -0.39 is 11.6 Å². The highest BCUT2D eigenvalue weighted by atomic mass is 16.6. The summed E-state index contributed by atoms with van der Waals surface area (Å²) >= 11 is 0. The Hall–Kier alpha value is -1.10. The zero-order valence-electron chi connectivity index (χ0n) is 11.7. The molecule has 1 atom stereocenters. The van der Waals surface area contributed by atoms with Crippen LogP contribution in [0.15, 0.2) is 0 Å². The first-order chi connectivity index (χ1) is 8.35. The summed E-state index contributed by atoms with van der Waals surface area (Å²) in [6.45, 7) is 6.51. The van der Waals surface area contributed by atoms with Crippen LogP contribution in [0.4, 0.5) is 0 Å². The van der Waals surface area contributed by atoms with Gasteiger partial charge in [-0.05, 0) is 33.6 Å². The molecular weight excluding hydrogens is 234 g/mol. The van der Waals surface area contributed by atoms with E-state index in [1.54, 1.807) is 12.0 Å². The topological polar surface area (TPSA) is 55.8 Å². The molecule has 5 nitrogen and oxygen atoms in total. The summed E-state index contributed by atoms with van der Waals surface area (Å²) in [4.78, 5) is 25.5. The van der Waals surface area contributed by atoms with Crippen molar-refractivity contribution in [3.05, 3.63) is 0 Å². The summed E-state index contributed by atoms with van der Waals surface area (Å²) in [7, 11) is 1.56. The van der Waals surface area contributed by atoms with Crippen molar-refractivity contribution in [1.82, 2.24) is 4.90 Å². The van der Waals surface area contributed by atoms with Gasteiger partial charge >= 0.3 is 5.97 Å². The molecule has 1 heterocycles. The van der Waals surface area contributed by atoms with Crippen LogP contribution in [-0.4, -0.2) is 48.7 Å². The molecule has 1 saturated heterocycles. The number of amides is 1. The Morgan fingerprint density at radius 1 is 1.33 bits per heavy atom. The maximum Gasteiger partial charge on any atom is 0.329 e. The first-order valence-corrected chi connectivity index (χ1v) is 6.36. The summed E-state index contributed by atoms with van der Waals surface area (Å²) in [5.74, 6) is -0.337. The van der Waals surface area contributed by atoms with Gasteiger partial charge in [-0.15, -0.1) is 0 Å². The third-order valence-electron chi connectivity index (χ3n) is 2.77. The van der Waals surface area contributed by atoms with E-state index in [-0.39, 0.29) is 11.9 Å². The van der Waals surface area contributed by atoms with Gasteiger partial charge in [0, 0.05) is 13.7 Å². The molecule has 0 unspecified atom stereocenters. The smallest absolute Gasteiger partial charge is 0.329 e. The number of hydrogen-bond donors (Lipinski definition) is 0. The van der Waals surface area contributed by atoms with Crippen molar-refractivity contribution in [3.8, 4) is 0 Å². The minimum atomic E-state index is -0.513. The van der Waals surface area contributed by atoms with E-state index in [2.05, 4.69) is 0 Å². The SMILES string of the molecule is COCCC(=O)N1CCC[C@@H]1C(=O)OC(C)(C)C. The van der Waals surface area contributed by atoms with Gasteiger partial charge < -0.3 is 14.4 Å². The summed E-state index contributed by atoms with van der Waals surface area (Å²) in [6, 6.07) is -0.423. The fraction of sp³-hybridized carbons (Fsp3) is 0.846. The second kappa shape index (κ2) is 6.18. The fourth-order valence-electron chi connectivity index (χ4n) is 2.01. The molecule has 1 aliphatic heterocycles. The van der Waals surface area contributed by atoms with Gasteiger partial charge in [0.15, 0.2) is 0 Å². The normalized spacial score (nSPS) is 20.0. The van der Waals surface area contributed by atoms with E-state index in [0.717, 1.165) is 6.42 Å². The van der Waals surface area contributed by atoms with Crippen LogP contribution in [0.1, 0.15) is 40.0 Å². The number of esters is 1. The minimum absolute atomic E-state index is 0.0368. The van der Waals surface area contributed by atoms with Crippen LogP contribution in [0, 0.1) is 0 Å². The van der Waals surface area contributed by atoms with Crippen molar-refractivity contribution >= 4 is 11.9 Å². The number of methoxy groups -OCH3 is 1. The number of hydrogen-bond acceptors (Lipinski definition) is 4. The van der Waals surface area contributed by atoms with Gasteiger partial charge in [0.05, 0.1) is 13.0 Å². The number of likely N-dealkylation sites (tertiary alicyclic amines) is 1. The zero-order chi connectivity index (χ0) is 13.8. The Bertz CT molecular complexity index is 309. The molecule has 0 aromatic heterocycles. The van der Waals surface area contributed by atoms with Crippen LogP contribution >= 0.6 is 0 Å². The molecule has 0 aromatic rings. The van der Waals surface area contributed by atoms with Gasteiger partial charge in [0.1, 0.15) is 11.6 Å². The van der Waals surface area contributed by atoms with Gasteiger partial charge in [-0.2, -0.15) is 0 Å². The molecule has 1 amide bonds. The lowest BCUT2D eigenvalue weighted by Gasteiger charge is -2.27. The van der Waals surface area contributed by atoms with Crippen molar-refractivity contribution in [2.45, 2.75) is 51.7 Å². The van der Waals surface area contributed by atoms with E-state index in [1.165, 1.54) is 0 Å². The maximum absolute atomic E-state index is 12.0. The minimum Gasteiger partial charge on any atom is -0.458 e. The second-order valence-corrected chi connectivity index (χ2v) is 5.52. The van der Waals surface area contributed by atoms with E-state index >= 15 is 0 Å². The number of rotatable bonds is 4. The number of carbonyl (C=O) groups is 2. The molecule has 1 aliphatic rings. The largest absolute Gasteiger partial charge is 0.458 e. The Morgan fingerprint density at radius 3 is 2.56 bits per heavy atom. The Kier molecular flexibility index (Phi) is 5.14. The second-order valence-electron chi connectivity index (χ2n) is 5.52. The van der Waals surface area contributed by atoms with Crippen LogP contribution in [0.25, 0.3) is 0 Å². The predicted octanol–water partition coefficient (Wildman–Crippen LogP) is 1.36. The molecule has 0 spiro atoms. The van der Waals surface area contributed by atoms with Gasteiger partial charge in [-0.1, -0.05) is 0 Å². The highest BCUT2D eigenvalue weighted by Gasteiger charge is 2.36.